The number of halogens is 1. The van der Waals surface area contributed by atoms with E-state index in [0.29, 0.717) is 6.10 Å². The first-order valence-corrected chi connectivity index (χ1v) is 6.94. The summed E-state index contributed by atoms with van der Waals surface area (Å²) in [5.41, 5.74) is 0.971. The molecule has 0 atom stereocenters. The lowest BCUT2D eigenvalue weighted by molar-refractivity contribution is 0.208. The number of aromatic nitrogens is 3. The molecule has 94 valence electrons. The maximum atomic E-state index is 5.96. The van der Waals surface area contributed by atoms with Crippen molar-refractivity contribution in [1.29, 1.82) is 0 Å². The van der Waals surface area contributed by atoms with Gasteiger partial charge in [-0.05, 0) is 53.7 Å². The molecule has 1 fully saturated rings. The zero-order chi connectivity index (χ0) is 12.4. The highest BCUT2D eigenvalue weighted by atomic mass is 79.9. The Kier molecular flexibility index (Phi) is 3.32. The van der Waals surface area contributed by atoms with Crippen LogP contribution in [0, 0.1) is 0 Å². The highest BCUT2D eigenvalue weighted by molar-refractivity contribution is 9.10. The Bertz CT molecular complexity index is 520. The van der Waals surface area contributed by atoms with Crippen molar-refractivity contribution in [3.63, 3.8) is 0 Å². The van der Waals surface area contributed by atoms with Gasteiger partial charge >= 0.3 is 0 Å². The third kappa shape index (κ3) is 2.27. The van der Waals surface area contributed by atoms with Gasteiger partial charge in [-0.25, -0.2) is 4.68 Å². The van der Waals surface area contributed by atoms with Crippen molar-refractivity contribution in [2.45, 2.75) is 31.8 Å². The van der Waals surface area contributed by atoms with Crippen LogP contribution in [0.25, 0.3) is 5.69 Å². The molecule has 2 aromatic rings. The summed E-state index contributed by atoms with van der Waals surface area (Å²) in [5.74, 6) is 0.818. The van der Waals surface area contributed by atoms with Gasteiger partial charge in [0, 0.05) is 12.4 Å². The van der Waals surface area contributed by atoms with Crippen molar-refractivity contribution in [3.05, 3.63) is 35.3 Å². The maximum Gasteiger partial charge on any atom is 0.172 e. The molecule has 0 aliphatic heterocycles. The number of pyridine rings is 1. The summed E-state index contributed by atoms with van der Waals surface area (Å²) in [4.78, 5) is 4.00. The lowest BCUT2D eigenvalue weighted by Crippen LogP contribution is -2.10. The van der Waals surface area contributed by atoms with Crippen LogP contribution in [0.3, 0.4) is 0 Å². The Balaban J connectivity index is 1.83. The van der Waals surface area contributed by atoms with Gasteiger partial charge < -0.3 is 4.74 Å². The molecular formula is C13H14BrN3O. The van der Waals surface area contributed by atoms with Gasteiger partial charge in [0.25, 0.3) is 0 Å². The minimum absolute atomic E-state index is 0.344. The number of hydrogen-bond acceptors (Lipinski definition) is 3. The Morgan fingerprint density at radius 2 is 1.94 bits per heavy atom. The molecule has 1 aliphatic rings. The summed E-state index contributed by atoms with van der Waals surface area (Å²) in [7, 11) is 0. The molecule has 2 heterocycles. The van der Waals surface area contributed by atoms with Crippen LogP contribution in [0.1, 0.15) is 25.7 Å². The van der Waals surface area contributed by atoms with Crippen LogP contribution < -0.4 is 4.74 Å². The van der Waals surface area contributed by atoms with Crippen molar-refractivity contribution in [3.8, 4) is 11.4 Å². The molecule has 2 aromatic heterocycles. The SMILES string of the molecule is Brc1c(OC2CCCC2)cnn1-c1ccncc1. The third-order valence-corrected chi connectivity index (χ3v) is 3.91. The van der Waals surface area contributed by atoms with Crippen LogP contribution in [0.5, 0.6) is 5.75 Å². The summed E-state index contributed by atoms with van der Waals surface area (Å²) in [6, 6.07) is 3.83. The van der Waals surface area contributed by atoms with Crippen LogP contribution in [0.15, 0.2) is 35.3 Å². The summed E-state index contributed by atoms with van der Waals surface area (Å²) in [6.07, 6.45) is 10.4. The first-order valence-electron chi connectivity index (χ1n) is 6.15. The van der Waals surface area contributed by atoms with Crippen LogP contribution in [0.2, 0.25) is 0 Å². The zero-order valence-corrected chi connectivity index (χ0v) is 11.5. The van der Waals surface area contributed by atoms with E-state index in [-0.39, 0.29) is 0 Å². The van der Waals surface area contributed by atoms with Gasteiger partial charge in [0.2, 0.25) is 0 Å². The average Bonchev–Trinajstić information content (AvgIpc) is 3.03. The van der Waals surface area contributed by atoms with E-state index in [1.807, 2.05) is 16.8 Å². The molecule has 0 aromatic carbocycles. The first kappa shape index (κ1) is 11.7. The fraction of sp³-hybridized carbons (Fsp3) is 0.385. The number of ether oxygens (including phenoxy) is 1. The zero-order valence-electron chi connectivity index (χ0n) is 9.92. The second kappa shape index (κ2) is 5.10. The van der Waals surface area contributed by atoms with Gasteiger partial charge in [-0.2, -0.15) is 5.10 Å². The average molecular weight is 308 g/mol. The van der Waals surface area contributed by atoms with E-state index in [4.69, 9.17) is 4.74 Å². The molecule has 0 N–H and O–H groups in total. The van der Waals surface area contributed by atoms with Crippen molar-refractivity contribution in [2.75, 3.05) is 0 Å². The Hall–Kier alpha value is -1.36. The predicted molar refractivity (Wildman–Crippen MR) is 71.9 cm³/mol. The van der Waals surface area contributed by atoms with E-state index in [1.165, 1.54) is 12.8 Å². The molecule has 4 nitrogen and oxygen atoms in total. The summed E-state index contributed by atoms with van der Waals surface area (Å²) in [6.45, 7) is 0. The molecular weight excluding hydrogens is 294 g/mol. The largest absolute Gasteiger partial charge is 0.486 e. The second-order valence-corrected chi connectivity index (χ2v) is 5.19. The number of rotatable bonds is 3. The van der Waals surface area contributed by atoms with Crippen LogP contribution in [-0.4, -0.2) is 20.9 Å². The highest BCUT2D eigenvalue weighted by Crippen LogP contribution is 2.31. The smallest absolute Gasteiger partial charge is 0.172 e. The molecule has 1 saturated carbocycles. The van der Waals surface area contributed by atoms with Gasteiger partial charge in [-0.1, -0.05) is 0 Å². The van der Waals surface area contributed by atoms with Gasteiger partial charge in [0.05, 0.1) is 18.0 Å². The van der Waals surface area contributed by atoms with Crippen LogP contribution in [0.4, 0.5) is 0 Å². The van der Waals surface area contributed by atoms with Gasteiger partial charge in [-0.15, -0.1) is 0 Å². The van der Waals surface area contributed by atoms with Crippen molar-refractivity contribution in [2.24, 2.45) is 0 Å². The normalized spacial score (nSPS) is 16.1. The predicted octanol–water partition coefficient (Wildman–Crippen LogP) is 3.35. The Morgan fingerprint density at radius 1 is 1.22 bits per heavy atom. The number of nitrogens with zero attached hydrogens (tertiary/aromatic N) is 3. The fourth-order valence-electron chi connectivity index (χ4n) is 2.25. The summed E-state index contributed by atoms with van der Waals surface area (Å²) in [5, 5.41) is 4.35. The Morgan fingerprint density at radius 3 is 2.67 bits per heavy atom. The fourth-order valence-corrected chi connectivity index (χ4v) is 2.74. The van der Waals surface area contributed by atoms with Crippen LogP contribution >= 0.6 is 15.9 Å². The molecule has 1 aliphatic carbocycles. The molecule has 0 unspecified atom stereocenters. The van der Waals surface area contributed by atoms with Crippen LogP contribution in [-0.2, 0) is 0 Å². The standard InChI is InChI=1S/C13H14BrN3O/c14-13-12(18-11-3-1-2-4-11)9-16-17(13)10-5-7-15-8-6-10/h5-9,11H,1-4H2. The molecule has 0 radical (unpaired) electrons. The summed E-state index contributed by atoms with van der Waals surface area (Å²) < 4.78 is 8.64. The van der Waals surface area contributed by atoms with E-state index < -0.39 is 0 Å². The highest BCUT2D eigenvalue weighted by Gasteiger charge is 2.19. The lowest BCUT2D eigenvalue weighted by Gasteiger charge is -2.11. The number of hydrogen-bond donors (Lipinski definition) is 0. The lowest BCUT2D eigenvalue weighted by atomic mass is 10.3. The van der Waals surface area contributed by atoms with Gasteiger partial charge in [-0.3, -0.25) is 4.98 Å². The third-order valence-electron chi connectivity index (χ3n) is 3.18. The van der Waals surface area contributed by atoms with Crippen molar-refractivity contribution >= 4 is 15.9 Å². The molecule has 3 rings (SSSR count). The summed E-state index contributed by atoms with van der Waals surface area (Å²) >= 11 is 3.55. The first-order chi connectivity index (χ1) is 8.84. The molecule has 0 bridgehead atoms. The molecule has 5 heteroatoms. The van der Waals surface area contributed by atoms with E-state index in [1.54, 1.807) is 18.6 Å². The molecule has 18 heavy (non-hydrogen) atoms. The van der Waals surface area contributed by atoms with Gasteiger partial charge in [0.15, 0.2) is 10.4 Å². The molecule has 0 saturated heterocycles. The van der Waals surface area contributed by atoms with Crippen molar-refractivity contribution in [1.82, 2.24) is 14.8 Å². The topological polar surface area (TPSA) is 39.9 Å². The molecule has 0 spiro atoms. The van der Waals surface area contributed by atoms with E-state index >= 15 is 0 Å². The monoisotopic (exact) mass is 307 g/mol. The maximum absolute atomic E-state index is 5.96. The Labute approximate surface area is 114 Å². The van der Waals surface area contributed by atoms with E-state index in [2.05, 4.69) is 26.0 Å². The minimum atomic E-state index is 0.344. The molecule has 0 amide bonds. The van der Waals surface area contributed by atoms with E-state index in [9.17, 15) is 0 Å². The quantitative estimate of drug-likeness (QED) is 0.873. The van der Waals surface area contributed by atoms with E-state index in [0.717, 1.165) is 28.9 Å². The minimum Gasteiger partial charge on any atom is -0.486 e. The second-order valence-electron chi connectivity index (χ2n) is 4.44. The van der Waals surface area contributed by atoms with Crippen molar-refractivity contribution < 1.29 is 4.74 Å². The van der Waals surface area contributed by atoms with Gasteiger partial charge in [0.1, 0.15) is 0 Å².